The lowest BCUT2D eigenvalue weighted by Crippen LogP contribution is -2.04. The molecule has 0 radical (unpaired) electrons. The van der Waals surface area contributed by atoms with Crippen molar-refractivity contribution in [3.05, 3.63) is 0 Å². The van der Waals surface area contributed by atoms with E-state index in [0.717, 1.165) is 0 Å². The third-order valence-corrected chi connectivity index (χ3v) is 0.149. The molecule has 32 valence electrons. The molecule has 0 saturated heterocycles. The van der Waals surface area contributed by atoms with Gasteiger partial charge < -0.3 is 0 Å². The molecule has 4 nitrogen and oxygen atoms in total. The number of hydrogen-bond acceptors (Lipinski definition) is 5. The Hall–Kier alpha value is 0.190. The normalized spacial score (nSPS) is 8.40. The van der Waals surface area contributed by atoms with Crippen LogP contribution in [0.3, 0.4) is 0 Å². The van der Waals surface area contributed by atoms with E-state index in [9.17, 15) is 0 Å². The molecule has 0 bridgehead atoms. The van der Waals surface area contributed by atoms with Gasteiger partial charge in [0.1, 0.15) is 0 Å². The molecule has 0 spiro atoms. The SMILES string of the molecule is OONOS. The lowest BCUT2D eigenvalue weighted by atomic mass is 13.2. The first-order valence-electron chi connectivity index (χ1n) is 0.773. The van der Waals surface area contributed by atoms with E-state index >= 15 is 0 Å². The summed E-state index contributed by atoms with van der Waals surface area (Å²) in [6, 6.07) is 0. The average Bonchev–Trinajstić information content (AvgIpc) is 1.41. The predicted octanol–water partition coefficient (Wildman–Crippen LogP) is -0.243. The van der Waals surface area contributed by atoms with Crippen molar-refractivity contribution in [1.82, 2.24) is 5.64 Å². The first kappa shape index (κ1) is 5.19. The van der Waals surface area contributed by atoms with Crippen LogP contribution in [-0.4, -0.2) is 5.26 Å². The Morgan fingerprint density at radius 2 is 2.40 bits per heavy atom. The highest BCUT2D eigenvalue weighted by Crippen LogP contribution is 1.63. The first-order valence-corrected chi connectivity index (χ1v) is 1.14. The summed E-state index contributed by atoms with van der Waals surface area (Å²) in [6.45, 7) is 0. The second-order valence-electron chi connectivity index (χ2n) is 0.266. The third kappa shape index (κ3) is 4.19. The van der Waals surface area contributed by atoms with E-state index < -0.39 is 0 Å². The molecule has 0 aromatic carbocycles. The zero-order chi connectivity index (χ0) is 4.12. The van der Waals surface area contributed by atoms with E-state index in [1.807, 2.05) is 0 Å². The molecule has 5 heavy (non-hydrogen) atoms. The van der Waals surface area contributed by atoms with Crippen molar-refractivity contribution in [1.29, 1.82) is 0 Å². The summed E-state index contributed by atoms with van der Waals surface area (Å²) in [5.74, 6) is 0. The van der Waals surface area contributed by atoms with Gasteiger partial charge in [0.05, 0.1) is 0 Å². The second kappa shape index (κ2) is 4.19. The fourth-order valence-corrected chi connectivity index (χ4v) is 0.0500. The van der Waals surface area contributed by atoms with E-state index in [0.29, 0.717) is 0 Å². The summed E-state index contributed by atoms with van der Waals surface area (Å²) < 4.78 is 3.66. The summed E-state index contributed by atoms with van der Waals surface area (Å²) in [7, 11) is 0. The monoisotopic (exact) mass is 97.0 g/mol. The largest absolute Gasteiger partial charge is 0.231 e. The van der Waals surface area contributed by atoms with Crippen molar-refractivity contribution in [3.8, 4) is 0 Å². The molecule has 0 aliphatic heterocycles. The molecular weight excluding hydrogens is 94.1 g/mol. The molecule has 0 fully saturated rings. The van der Waals surface area contributed by atoms with Crippen molar-refractivity contribution in [2.75, 3.05) is 0 Å². The van der Waals surface area contributed by atoms with Crippen LogP contribution in [0.15, 0.2) is 0 Å². The maximum atomic E-state index is 7.28. The minimum Gasteiger partial charge on any atom is -0.231 e. The average molecular weight is 97.1 g/mol. The van der Waals surface area contributed by atoms with E-state index in [1.54, 1.807) is 0 Å². The molecule has 0 aliphatic rings. The molecule has 0 aromatic heterocycles. The van der Waals surface area contributed by atoms with Gasteiger partial charge in [-0.2, -0.15) is 0 Å². The van der Waals surface area contributed by atoms with Gasteiger partial charge in [-0.1, -0.05) is 0 Å². The van der Waals surface area contributed by atoms with Crippen LogP contribution < -0.4 is 5.64 Å². The van der Waals surface area contributed by atoms with Crippen LogP contribution in [0, 0.1) is 0 Å². The summed E-state index contributed by atoms with van der Waals surface area (Å²) in [5, 5.41) is 7.28. The zero-order valence-corrected chi connectivity index (χ0v) is 3.11. The van der Waals surface area contributed by atoms with Gasteiger partial charge in [-0.3, -0.25) is 0 Å². The smallest absolute Gasteiger partial charge is 0.00194 e. The number of thiol groups is 1. The Kier molecular flexibility index (Phi) is 4.35. The molecule has 2 N–H and O–H groups in total. The molecule has 0 aliphatic carbocycles. The maximum absolute atomic E-state index is 7.28. The van der Waals surface area contributed by atoms with E-state index in [-0.39, 0.29) is 0 Å². The van der Waals surface area contributed by atoms with Gasteiger partial charge in [0.15, 0.2) is 0 Å². The van der Waals surface area contributed by atoms with Crippen molar-refractivity contribution >= 4 is 12.9 Å². The third-order valence-electron chi connectivity index (χ3n) is 0.0745. The van der Waals surface area contributed by atoms with Gasteiger partial charge in [0, 0.05) is 12.9 Å². The van der Waals surface area contributed by atoms with Crippen LogP contribution in [0.5, 0.6) is 0 Å². The van der Waals surface area contributed by atoms with Gasteiger partial charge in [0.25, 0.3) is 0 Å². The molecule has 0 amide bonds. The van der Waals surface area contributed by atoms with Crippen molar-refractivity contribution in [2.45, 2.75) is 0 Å². The highest BCUT2D eigenvalue weighted by Gasteiger charge is 1.62. The number of hydrogen-bond donors (Lipinski definition) is 3. The standard InChI is InChI=1S/H3NO3S/c2-3-1-4-5/h1-2,5H. The Balaban J connectivity index is 2.19. The topological polar surface area (TPSA) is 50.7 Å². The zero-order valence-electron chi connectivity index (χ0n) is 2.21. The molecule has 0 saturated carbocycles. The van der Waals surface area contributed by atoms with Gasteiger partial charge in [-0.15, -0.1) is 4.99 Å². The van der Waals surface area contributed by atoms with E-state index in [1.165, 1.54) is 5.64 Å². The lowest BCUT2D eigenvalue weighted by molar-refractivity contribution is -0.343. The lowest BCUT2D eigenvalue weighted by Gasteiger charge is -1.85. The van der Waals surface area contributed by atoms with E-state index in [2.05, 4.69) is 22.2 Å². The van der Waals surface area contributed by atoms with Gasteiger partial charge in [-0.25, -0.2) is 9.54 Å². The van der Waals surface area contributed by atoms with Crippen molar-refractivity contribution < 1.29 is 14.5 Å². The highest BCUT2D eigenvalue weighted by molar-refractivity contribution is 7.75. The van der Waals surface area contributed by atoms with Gasteiger partial charge in [-0.05, 0) is 5.64 Å². The minimum atomic E-state index is 1.53. The van der Waals surface area contributed by atoms with Crippen LogP contribution in [-0.2, 0) is 9.27 Å². The Labute approximate surface area is 34.1 Å². The highest BCUT2D eigenvalue weighted by atomic mass is 32.1. The summed E-state index contributed by atoms with van der Waals surface area (Å²) in [6.07, 6.45) is 0. The van der Waals surface area contributed by atoms with Crippen molar-refractivity contribution in [2.24, 2.45) is 0 Å². The molecule has 5 heteroatoms. The molecule has 0 unspecified atom stereocenters. The van der Waals surface area contributed by atoms with Crippen LogP contribution in [0.4, 0.5) is 0 Å². The summed E-state index contributed by atoms with van der Waals surface area (Å²) >= 11 is 3.10. The van der Waals surface area contributed by atoms with Crippen LogP contribution in [0.25, 0.3) is 0 Å². The van der Waals surface area contributed by atoms with Crippen LogP contribution in [0.1, 0.15) is 0 Å². The van der Waals surface area contributed by atoms with Crippen molar-refractivity contribution in [3.63, 3.8) is 0 Å². The fourth-order valence-electron chi connectivity index (χ4n) is 0.0167. The molecule has 0 rings (SSSR count). The minimum absolute atomic E-state index is 1.53. The summed E-state index contributed by atoms with van der Waals surface area (Å²) in [4.78, 5) is 3.14. The molecule has 0 heterocycles. The molecular formula is H3NO3S. The molecule has 0 atom stereocenters. The Bertz CT molecular complexity index is 14.4. The van der Waals surface area contributed by atoms with Gasteiger partial charge >= 0.3 is 0 Å². The Morgan fingerprint density at radius 1 is 1.80 bits per heavy atom. The predicted molar refractivity (Wildman–Crippen MR) is 16.9 cm³/mol. The second-order valence-corrected chi connectivity index (χ2v) is 0.448. The van der Waals surface area contributed by atoms with E-state index in [4.69, 9.17) is 5.26 Å². The fraction of sp³-hybridized carbons (Fsp3) is 0. The maximum Gasteiger partial charge on any atom is 0.00194 e. The summed E-state index contributed by atoms with van der Waals surface area (Å²) in [5.41, 5.74) is 1.53. The van der Waals surface area contributed by atoms with Crippen LogP contribution >= 0.6 is 12.9 Å². The van der Waals surface area contributed by atoms with Crippen LogP contribution in [0.2, 0.25) is 0 Å². The first-order chi connectivity index (χ1) is 2.41. The number of rotatable bonds is 2. The van der Waals surface area contributed by atoms with Gasteiger partial charge in [0.2, 0.25) is 0 Å². The Morgan fingerprint density at radius 3 is 2.40 bits per heavy atom. The number of nitrogens with one attached hydrogen (secondary N) is 1. The quantitative estimate of drug-likeness (QED) is 0.192. The molecule has 0 aromatic rings.